The Bertz CT molecular complexity index is 692. The Hall–Kier alpha value is -2.55. The Labute approximate surface area is 149 Å². The van der Waals surface area contributed by atoms with E-state index in [2.05, 4.69) is 17.9 Å². The fraction of sp³-hybridized carbons (Fsp3) is 0.350. The van der Waals surface area contributed by atoms with E-state index < -0.39 is 6.10 Å². The zero-order valence-corrected chi connectivity index (χ0v) is 14.8. The Morgan fingerprint density at radius 2 is 1.68 bits per heavy atom. The molecule has 25 heavy (non-hydrogen) atoms. The highest BCUT2D eigenvalue weighted by Gasteiger charge is 2.16. The molecule has 0 radical (unpaired) electrons. The smallest absolute Gasteiger partial charge is 0.119 e. The fourth-order valence-electron chi connectivity index (χ4n) is 2.50. The molecule has 2 atom stereocenters. The van der Waals surface area contributed by atoms with Crippen LogP contribution in [0.3, 0.4) is 0 Å². The molecule has 2 unspecified atom stereocenters. The molecule has 2 aromatic rings. The molecular weight excluding hydrogens is 316 g/mol. The minimum atomic E-state index is -0.610. The quantitative estimate of drug-likeness (QED) is 0.800. The third-order valence-electron chi connectivity index (χ3n) is 4.18. The van der Waals surface area contributed by atoms with E-state index in [0.29, 0.717) is 17.9 Å². The second kappa shape index (κ2) is 9.07. The van der Waals surface area contributed by atoms with Gasteiger partial charge < -0.3 is 14.6 Å². The third kappa shape index (κ3) is 5.49. The molecule has 0 heterocycles. The molecule has 0 spiro atoms. The average Bonchev–Trinajstić information content (AvgIpc) is 2.66. The SMILES string of the molecule is COc1ccc(C(C)N(C)CC(O)COc2ccc(C#N)cc2)cc1. The number of nitrogens with zero attached hydrogens (tertiary/aromatic N) is 2. The zero-order valence-electron chi connectivity index (χ0n) is 14.8. The van der Waals surface area contributed by atoms with Gasteiger partial charge in [-0.05, 0) is 55.9 Å². The molecule has 132 valence electrons. The van der Waals surface area contributed by atoms with Gasteiger partial charge in [0.15, 0.2) is 0 Å². The van der Waals surface area contributed by atoms with Crippen molar-refractivity contribution in [3.05, 3.63) is 59.7 Å². The van der Waals surface area contributed by atoms with Crippen molar-refractivity contribution in [3.8, 4) is 17.6 Å². The second-order valence-corrected chi connectivity index (χ2v) is 5.99. The Balaban J connectivity index is 1.83. The van der Waals surface area contributed by atoms with Crippen molar-refractivity contribution in [1.29, 1.82) is 5.26 Å². The monoisotopic (exact) mass is 340 g/mol. The first kappa shape index (κ1) is 18.8. The van der Waals surface area contributed by atoms with E-state index in [9.17, 15) is 5.11 Å². The van der Waals surface area contributed by atoms with Gasteiger partial charge in [-0.1, -0.05) is 12.1 Å². The summed E-state index contributed by atoms with van der Waals surface area (Å²) in [7, 11) is 3.62. The van der Waals surface area contributed by atoms with Crippen LogP contribution in [0.25, 0.3) is 0 Å². The van der Waals surface area contributed by atoms with Crippen LogP contribution in [0, 0.1) is 11.3 Å². The van der Waals surface area contributed by atoms with E-state index in [-0.39, 0.29) is 12.6 Å². The summed E-state index contributed by atoms with van der Waals surface area (Å²) in [5, 5.41) is 19.0. The molecule has 0 saturated heterocycles. The van der Waals surface area contributed by atoms with E-state index >= 15 is 0 Å². The van der Waals surface area contributed by atoms with Crippen LogP contribution in [0.1, 0.15) is 24.1 Å². The van der Waals surface area contributed by atoms with Gasteiger partial charge in [0.25, 0.3) is 0 Å². The number of ether oxygens (including phenoxy) is 2. The first-order valence-corrected chi connectivity index (χ1v) is 8.18. The molecule has 0 aromatic heterocycles. The van der Waals surface area contributed by atoms with Crippen molar-refractivity contribution in [2.45, 2.75) is 19.1 Å². The molecule has 5 heteroatoms. The van der Waals surface area contributed by atoms with Gasteiger partial charge in [-0.15, -0.1) is 0 Å². The second-order valence-electron chi connectivity index (χ2n) is 5.99. The molecular formula is C20H24N2O3. The maximum absolute atomic E-state index is 10.2. The van der Waals surface area contributed by atoms with Gasteiger partial charge in [0.05, 0.1) is 18.7 Å². The maximum atomic E-state index is 10.2. The number of methoxy groups -OCH3 is 1. The highest BCUT2D eigenvalue weighted by atomic mass is 16.5. The number of aliphatic hydroxyl groups is 1. The van der Waals surface area contributed by atoms with Crippen LogP contribution in [0.2, 0.25) is 0 Å². The average molecular weight is 340 g/mol. The van der Waals surface area contributed by atoms with Crippen LogP contribution >= 0.6 is 0 Å². The van der Waals surface area contributed by atoms with E-state index in [1.165, 1.54) is 0 Å². The van der Waals surface area contributed by atoms with E-state index in [0.717, 1.165) is 11.3 Å². The number of benzene rings is 2. The molecule has 5 nitrogen and oxygen atoms in total. The van der Waals surface area contributed by atoms with Gasteiger partial charge in [-0.3, -0.25) is 4.90 Å². The lowest BCUT2D eigenvalue weighted by Gasteiger charge is -2.27. The normalized spacial score (nSPS) is 13.1. The fourth-order valence-corrected chi connectivity index (χ4v) is 2.50. The number of nitriles is 1. The number of hydrogen-bond donors (Lipinski definition) is 1. The van der Waals surface area contributed by atoms with Crippen LogP contribution in [0.4, 0.5) is 0 Å². The molecule has 2 aromatic carbocycles. The zero-order chi connectivity index (χ0) is 18.2. The van der Waals surface area contributed by atoms with E-state index in [1.54, 1.807) is 31.4 Å². The molecule has 0 fully saturated rings. The summed E-state index contributed by atoms with van der Waals surface area (Å²) in [5.74, 6) is 1.47. The van der Waals surface area contributed by atoms with Crippen molar-refractivity contribution < 1.29 is 14.6 Å². The largest absolute Gasteiger partial charge is 0.497 e. The molecule has 2 rings (SSSR count). The van der Waals surface area contributed by atoms with Crippen molar-refractivity contribution >= 4 is 0 Å². The Morgan fingerprint density at radius 3 is 2.24 bits per heavy atom. The first-order valence-electron chi connectivity index (χ1n) is 8.18. The van der Waals surface area contributed by atoms with E-state index in [1.807, 2.05) is 31.3 Å². The van der Waals surface area contributed by atoms with Crippen molar-refractivity contribution in [3.63, 3.8) is 0 Å². The lowest BCUT2D eigenvalue weighted by molar-refractivity contribution is 0.0654. The predicted molar refractivity (Wildman–Crippen MR) is 96.7 cm³/mol. The van der Waals surface area contributed by atoms with Crippen LogP contribution < -0.4 is 9.47 Å². The summed E-state index contributed by atoms with van der Waals surface area (Å²) >= 11 is 0. The number of aliphatic hydroxyl groups excluding tert-OH is 1. The molecule has 0 aliphatic carbocycles. The number of rotatable bonds is 8. The molecule has 0 aliphatic heterocycles. The van der Waals surface area contributed by atoms with E-state index in [4.69, 9.17) is 14.7 Å². The molecule has 0 bridgehead atoms. The maximum Gasteiger partial charge on any atom is 0.119 e. The molecule has 1 N–H and O–H groups in total. The highest BCUT2D eigenvalue weighted by molar-refractivity contribution is 5.34. The van der Waals surface area contributed by atoms with Gasteiger partial charge in [0.1, 0.15) is 24.2 Å². The topological polar surface area (TPSA) is 65.7 Å². The molecule has 0 aliphatic rings. The van der Waals surface area contributed by atoms with Gasteiger partial charge >= 0.3 is 0 Å². The van der Waals surface area contributed by atoms with Gasteiger partial charge in [-0.2, -0.15) is 5.26 Å². The first-order chi connectivity index (χ1) is 12.0. The minimum absolute atomic E-state index is 0.162. The summed E-state index contributed by atoms with van der Waals surface area (Å²) in [5.41, 5.74) is 1.74. The highest BCUT2D eigenvalue weighted by Crippen LogP contribution is 2.21. The summed E-state index contributed by atoms with van der Waals surface area (Å²) in [4.78, 5) is 2.08. The van der Waals surface area contributed by atoms with Gasteiger partial charge in [-0.25, -0.2) is 0 Å². The third-order valence-corrected chi connectivity index (χ3v) is 4.18. The minimum Gasteiger partial charge on any atom is -0.497 e. The summed E-state index contributed by atoms with van der Waals surface area (Å²) in [6.07, 6.45) is -0.610. The van der Waals surface area contributed by atoms with Crippen molar-refractivity contribution in [1.82, 2.24) is 4.90 Å². The Morgan fingerprint density at radius 1 is 1.08 bits per heavy atom. The van der Waals surface area contributed by atoms with Crippen molar-refractivity contribution in [2.24, 2.45) is 0 Å². The number of hydrogen-bond acceptors (Lipinski definition) is 5. The van der Waals surface area contributed by atoms with Gasteiger partial charge in [0.2, 0.25) is 0 Å². The van der Waals surface area contributed by atoms with Crippen molar-refractivity contribution in [2.75, 3.05) is 27.3 Å². The lowest BCUT2D eigenvalue weighted by Crippen LogP contribution is -2.34. The predicted octanol–water partition coefficient (Wildman–Crippen LogP) is 3.00. The van der Waals surface area contributed by atoms with Crippen LogP contribution in [0.5, 0.6) is 11.5 Å². The molecule has 0 amide bonds. The standard InChI is InChI=1S/C20H24N2O3/c1-15(17-6-10-19(24-3)11-7-17)22(2)13-18(23)14-25-20-8-4-16(12-21)5-9-20/h4-11,15,18,23H,13-14H2,1-3H3. The summed E-state index contributed by atoms with van der Waals surface area (Å²) in [6.45, 7) is 2.78. The number of likely N-dealkylation sites (N-methyl/N-ethyl adjacent to an activating group) is 1. The lowest BCUT2D eigenvalue weighted by atomic mass is 10.1. The summed E-state index contributed by atoms with van der Waals surface area (Å²) in [6, 6.07) is 17.0. The Kier molecular flexibility index (Phi) is 6.81. The van der Waals surface area contributed by atoms with Gasteiger partial charge in [0, 0.05) is 12.6 Å². The summed E-state index contributed by atoms with van der Waals surface area (Å²) < 4.78 is 10.8. The van der Waals surface area contributed by atoms with Crippen LogP contribution in [-0.4, -0.2) is 43.4 Å². The van der Waals surface area contributed by atoms with Crippen LogP contribution in [-0.2, 0) is 0 Å². The molecule has 0 saturated carbocycles. The van der Waals surface area contributed by atoms with Crippen LogP contribution in [0.15, 0.2) is 48.5 Å².